The van der Waals surface area contributed by atoms with Crippen molar-refractivity contribution in [2.45, 2.75) is 11.8 Å². The highest BCUT2D eigenvalue weighted by molar-refractivity contribution is 7.99. The standard InChI is InChI=1S/C16H22N4O2S/c1-19-15(13-22-14-5-3-2-4-6-14)17-18-16(19)23-12-9-20-7-10-21-11-8-20/h2-6H,7-13H2,1H3/p+1. The van der Waals surface area contributed by atoms with Crippen LogP contribution in [0.15, 0.2) is 35.5 Å². The largest absolute Gasteiger partial charge is 0.486 e. The predicted octanol–water partition coefficient (Wildman–Crippen LogP) is 0.401. The predicted molar refractivity (Wildman–Crippen MR) is 88.9 cm³/mol. The summed E-state index contributed by atoms with van der Waals surface area (Å²) in [6.07, 6.45) is 0. The van der Waals surface area contributed by atoms with Crippen LogP contribution in [0.2, 0.25) is 0 Å². The molecule has 23 heavy (non-hydrogen) atoms. The van der Waals surface area contributed by atoms with E-state index in [0.29, 0.717) is 6.61 Å². The highest BCUT2D eigenvalue weighted by atomic mass is 32.2. The lowest BCUT2D eigenvalue weighted by molar-refractivity contribution is -0.905. The highest BCUT2D eigenvalue weighted by Crippen LogP contribution is 2.16. The molecule has 0 aliphatic carbocycles. The number of nitrogens with zero attached hydrogens (tertiary/aromatic N) is 3. The van der Waals surface area contributed by atoms with Crippen molar-refractivity contribution in [2.24, 2.45) is 7.05 Å². The van der Waals surface area contributed by atoms with Crippen molar-refractivity contribution < 1.29 is 14.4 Å². The summed E-state index contributed by atoms with van der Waals surface area (Å²) in [4.78, 5) is 1.61. The van der Waals surface area contributed by atoms with Crippen molar-refractivity contribution in [3.63, 3.8) is 0 Å². The number of benzene rings is 1. The number of hydrogen-bond acceptors (Lipinski definition) is 5. The molecule has 0 spiro atoms. The number of rotatable bonds is 7. The number of aromatic nitrogens is 3. The van der Waals surface area contributed by atoms with Gasteiger partial charge in [0.1, 0.15) is 25.4 Å². The van der Waals surface area contributed by atoms with Gasteiger partial charge in [0, 0.05) is 7.05 Å². The van der Waals surface area contributed by atoms with E-state index in [2.05, 4.69) is 10.2 Å². The molecule has 0 radical (unpaired) electrons. The van der Waals surface area contributed by atoms with Gasteiger partial charge in [-0.25, -0.2) is 0 Å². The maximum absolute atomic E-state index is 5.74. The first-order valence-corrected chi connectivity index (χ1v) is 8.92. The fourth-order valence-corrected chi connectivity index (χ4v) is 3.43. The van der Waals surface area contributed by atoms with E-state index in [4.69, 9.17) is 9.47 Å². The van der Waals surface area contributed by atoms with Crippen LogP contribution in [0.25, 0.3) is 0 Å². The smallest absolute Gasteiger partial charge is 0.191 e. The Labute approximate surface area is 140 Å². The van der Waals surface area contributed by atoms with Crippen LogP contribution in [0, 0.1) is 0 Å². The zero-order valence-electron chi connectivity index (χ0n) is 13.4. The average molecular weight is 335 g/mol. The van der Waals surface area contributed by atoms with Crippen molar-refractivity contribution in [2.75, 3.05) is 38.6 Å². The fourth-order valence-electron chi connectivity index (χ4n) is 2.46. The van der Waals surface area contributed by atoms with E-state index in [1.54, 1.807) is 16.7 Å². The lowest BCUT2D eigenvalue weighted by atomic mass is 10.3. The van der Waals surface area contributed by atoms with Gasteiger partial charge in [0.15, 0.2) is 11.0 Å². The highest BCUT2D eigenvalue weighted by Gasteiger charge is 2.15. The van der Waals surface area contributed by atoms with Crippen molar-refractivity contribution in [3.8, 4) is 5.75 Å². The molecule has 1 aliphatic rings. The SMILES string of the molecule is Cn1c(COc2ccccc2)nnc1SCC[NH+]1CCOCC1. The van der Waals surface area contributed by atoms with E-state index in [0.717, 1.165) is 55.3 Å². The van der Waals surface area contributed by atoms with Gasteiger partial charge in [-0.1, -0.05) is 30.0 Å². The van der Waals surface area contributed by atoms with Crippen LogP contribution in [0.4, 0.5) is 0 Å². The number of ether oxygens (including phenoxy) is 2. The minimum atomic E-state index is 0.433. The van der Waals surface area contributed by atoms with Crippen molar-refractivity contribution in [1.29, 1.82) is 0 Å². The molecule has 2 heterocycles. The average Bonchev–Trinajstić information content (AvgIpc) is 2.95. The lowest BCUT2D eigenvalue weighted by Crippen LogP contribution is -3.14. The molecule has 1 saturated heterocycles. The topological polar surface area (TPSA) is 53.6 Å². The Hall–Kier alpha value is -1.57. The molecule has 0 amide bonds. The molecule has 1 aromatic carbocycles. The van der Waals surface area contributed by atoms with Gasteiger partial charge in [-0.05, 0) is 12.1 Å². The Bertz CT molecular complexity index is 599. The van der Waals surface area contributed by atoms with Crippen molar-refractivity contribution in [1.82, 2.24) is 14.8 Å². The van der Waals surface area contributed by atoms with Gasteiger partial charge in [-0.2, -0.15) is 0 Å². The van der Waals surface area contributed by atoms with Crippen LogP contribution in [0.5, 0.6) is 5.75 Å². The number of hydrogen-bond donors (Lipinski definition) is 1. The Kier molecular flexibility index (Phi) is 5.90. The van der Waals surface area contributed by atoms with Crippen LogP contribution >= 0.6 is 11.8 Å². The molecule has 2 aromatic rings. The second kappa shape index (κ2) is 8.33. The second-order valence-corrected chi connectivity index (χ2v) is 6.58. The zero-order valence-corrected chi connectivity index (χ0v) is 14.2. The third kappa shape index (κ3) is 4.70. The molecular weight excluding hydrogens is 312 g/mol. The van der Waals surface area contributed by atoms with Crippen molar-refractivity contribution in [3.05, 3.63) is 36.2 Å². The van der Waals surface area contributed by atoms with Gasteiger partial charge in [0.2, 0.25) is 0 Å². The van der Waals surface area contributed by atoms with Gasteiger partial charge in [0.25, 0.3) is 0 Å². The zero-order chi connectivity index (χ0) is 15.9. The van der Waals surface area contributed by atoms with E-state index >= 15 is 0 Å². The minimum Gasteiger partial charge on any atom is -0.486 e. The second-order valence-electron chi connectivity index (χ2n) is 5.52. The third-order valence-corrected chi connectivity index (χ3v) is 4.94. The molecule has 1 fully saturated rings. The molecule has 0 bridgehead atoms. The Morgan fingerprint density at radius 1 is 1.22 bits per heavy atom. The van der Waals surface area contributed by atoms with Gasteiger partial charge in [-0.3, -0.25) is 0 Å². The summed E-state index contributed by atoms with van der Waals surface area (Å²) < 4.78 is 13.1. The number of thioether (sulfide) groups is 1. The summed E-state index contributed by atoms with van der Waals surface area (Å²) in [5, 5.41) is 9.46. The van der Waals surface area contributed by atoms with Crippen molar-refractivity contribution >= 4 is 11.8 Å². The summed E-state index contributed by atoms with van der Waals surface area (Å²) in [6, 6.07) is 9.77. The monoisotopic (exact) mass is 335 g/mol. The first kappa shape index (κ1) is 16.3. The molecule has 3 rings (SSSR count). The summed E-state index contributed by atoms with van der Waals surface area (Å²) in [5.74, 6) is 2.73. The Morgan fingerprint density at radius 3 is 2.78 bits per heavy atom. The van der Waals surface area contributed by atoms with E-state index in [-0.39, 0.29) is 0 Å². The van der Waals surface area contributed by atoms with Gasteiger partial charge in [0.05, 0.1) is 25.5 Å². The first-order valence-electron chi connectivity index (χ1n) is 7.93. The van der Waals surface area contributed by atoms with Crippen LogP contribution in [-0.4, -0.2) is 53.4 Å². The van der Waals surface area contributed by atoms with Crippen LogP contribution in [0.3, 0.4) is 0 Å². The molecular formula is C16H23N4O2S+. The van der Waals surface area contributed by atoms with E-state index < -0.39 is 0 Å². The third-order valence-electron chi connectivity index (χ3n) is 3.92. The molecule has 0 unspecified atom stereocenters. The number of morpholine rings is 1. The maximum atomic E-state index is 5.74. The quantitative estimate of drug-likeness (QED) is 0.743. The molecule has 1 aliphatic heterocycles. The fraction of sp³-hybridized carbons (Fsp3) is 0.500. The summed E-state index contributed by atoms with van der Waals surface area (Å²) >= 11 is 1.76. The number of para-hydroxylation sites is 1. The molecule has 1 aromatic heterocycles. The van der Waals surface area contributed by atoms with E-state index in [1.165, 1.54) is 0 Å². The molecule has 1 N–H and O–H groups in total. The van der Waals surface area contributed by atoms with E-state index in [1.807, 2.05) is 41.9 Å². The summed E-state index contributed by atoms with van der Waals surface area (Å²) in [5.41, 5.74) is 0. The lowest BCUT2D eigenvalue weighted by Gasteiger charge is -2.23. The number of quaternary nitrogens is 1. The van der Waals surface area contributed by atoms with Crippen LogP contribution in [0.1, 0.15) is 5.82 Å². The first-order chi connectivity index (χ1) is 11.3. The van der Waals surface area contributed by atoms with Gasteiger partial charge >= 0.3 is 0 Å². The molecule has 0 atom stereocenters. The molecule has 6 nitrogen and oxygen atoms in total. The van der Waals surface area contributed by atoms with Gasteiger partial charge < -0.3 is 18.9 Å². The number of nitrogens with one attached hydrogen (secondary N) is 1. The van der Waals surface area contributed by atoms with Gasteiger partial charge in [-0.15, -0.1) is 10.2 Å². The minimum absolute atomic E-state index is 0.433. The molecule has 7 heteroatoms. The summed E-state index contributed by atoms with van der Waals surface area (Å²) in [7, 11) is 1.99. The van der Waals surface area contributed by atoms with Crippen LogP contribution < -0.4 is 9.64 Å². The van der Waals surface area contributed by atoms with E-state index in [9.17, 15) is 0 Å². The Morgan fingerprint density at radius 2 is 2.00 bits per heavy atom. The summed E-state index contributed by atoms with van der Waals surface area (Å²) in [6.45, 7) is 5.54. The normalized spacial score (nSPS) is 15.7. The Balaban J connectivity index is 1.46. The molecule has 124 valence electrons. The molecule has 0 saturated carbocycles. The van der Waals surface area contributed by atoms with Crippen LogP contribution in [-0.2, 0) is 18.4 Å². The maximum Gasteiger partial charge on any atom is 0.191 e.